The molecule has 2 aliphatic rings. The van der Waals surface area contributed by atoms with Gasteiger partial charge in [0.2, 0.25) is 0 Å². The standard InChI is InChI=1S/C12H23NO3S/c1-13(7-10-5-3-2-4-6-10)11-8-17(15,16)9-12(11)14/h10-12,14H,2-9H2,1H3. The fourth-order valence-electron chi connectivity index (χ4n) is 3.14. The number of hydrogen-bond donors (Lipinski definition) is 1. The predicted octanol–water partition coefficient (Wildman–Crippen LogP) is 0.656. The van der Waals surface area contributed by atoms with Gasteiger partial charge in [0, 0.05) is 6.54 Å². The lowest BCUT2D eigenvalue weighted by atomic mass is 9.88. The van der Waals surface area contributed by atoms with Gasteiger partial charge in [-0.25, -0.2) is 8.42 Å². The zero-order valence-electron chi connectivity index (χ0n) is 10.5. The quantitative estimate of drug-likeness (QED) is 0.811. The van der Waals surface area contributed by atoms with Gasteiger partial charge in [-0.15, -0.1) is 0 Å². The highest BCUT2D eigenvalue weighted by atomic mass is 32.2. The maximum absolute atomic E-state index is 11.5. The van der Waals surface area contributed by atoms with E-state index in [-0.39, 0.29) is 17.5 Å². The Labute approximate surface area is 104 Å². The monoisotopic (exact) mass is 261 g/mol. The summed E-state index contributed by atoms with van der Waals surface area (Å²) < 4.78 is 22.9. The van der Waals surface area contributed by atoms with Gasteiger partial charge >= 0.3 is 0 Å². The lowest BCUT2D eigenvalue weighted by Gasteiger charge is -2.31. The summed E-state index contributed by atoms with van der Waals surface area (Å²) in [6.45, 7) is 0.928. The third-order valence-electron chi connectivity index (χ3n) is 4.13. The molecule has 0 radical (unpaired) electrons. The second-order valence-corrected chi connectivity index (χ2v) is 7.81. The van der Waals surface area contributed by atoms with Gasteiger partial charge in [-0.1, -0.05) is 19.3 Å². The molecule has 2 atom stereocenters. The van der Waals surface area contributed by atoms with Gasteiger partial charge in [-0.05, 0) is 25.8 Å². The average molecular weight is 261 g/mol. The first kappa shape index (κ1) is 13.3. The fourth-order valence-corrected chi connectivity index (χ4v) is 5.02. The van der Waals surface area contributed by atoms with Crippen molar-refractivity contribution in [2.24, 2.45) is 5.92 Å². The molecule has 5 heteroatoms. The molecule has 2 fully saturated rings. The predicted molar refractivity (Wildman–Crippen MR) is 67.7 cm³/mol. The molecular formula is C12H23NO3S. The number of hydrogen-bond acceptors (Lipinski definition) is 4. The minimum atomic E-state index is -3.02. The summed E-state index contributed by atoms with van der Waals surface area (Å²) in [4.78, 5) is 2.06. The summed E-state index contributed by atoms with van der Waals surface area (Å²) in [5.41, 5.74) is 0. The van der Waals surface area contributed by atoms with E-state index in [9.17, 15) is 13.5 Å². The van der Waals surface area contributed by atoms with Crippen molar-refractivity contribution in [3.8, 4) is 0 Å². The van der Waals surface area contributed by atoms with Crippen LogP contribution in [-0.2, 0) is 9.84 Å². The zero-order chi connectivity index (χ0) is 12.5. The molecular weight excluding hydrogens is 238 g/mol. The van der Waals surface area contributed by atoms with Crippen molar-refractivity contribution >= 4 is 9.84 Å². The maximum atomic E-state index is 11.5. The lowest BCUT2D eigenvalue weighted by Crippen LogP contribution is -2.43. The Morgan fingerprint density at radius 3 is 2.35 bits per heavy atom. The molecule has 1 saturated carbocycles. The Bertz CT molecular complexity index is 349. The van der Waals surface area contributed by atoms with Crippen LogP contribution in [0.2, 0.25) is 0 Å². The summed E-state index contributed by atoms with van der Waals surface area (Å²) in [5.74, 6) is 0.744. The molecule has 0 spiro atoms. The lowest BCUT2D eigenvalue weighted by molar-refractivity contribution is 0.0848. The molecule has 0 aromatic heterocycles. The molecule has 2 unspecified atom stereocenters. The minimum Gasteiger partial charge on any atom is -0.390 e. The topological polar surface area (TPSA) is 57.6 Å². The van der Waals surface area contributed by atoms with Crippen molar-refractivity contribution in [2.45, 2.75) is 44.2 Å². The number of likely N-dealkylation sites (N-methyl/N-ethyl adjacent to an activating group) is 1. The van der Waals surface area contributed by atoms with Crippen LogP contribution >= 0.6 is 0 Å². The zero-order valence-corrected chi connectivity index (χ0v) is 11.3. The van der Waals surface area contributed by atoms with Crippen LogP contribution in [0.5, 0.6) is 0 Å². The van der Waals surface area contributed by atoms with Crippen LogP contribution in [0.4, 0.5) is 0 Å². The summed E-state index contributed by atoms with van der Waals surface area (Å²) in [6.07, 6.45) is 5.72. The Balaban J connectivity index is 1.89. The van der Waals surface area contributed by atoms with E-state index in [0.717, 1.165) is 6.54 Å². The molecule has 1 aliphatic heterocycles. The van der Waals surface area contributed by atoms with E-state index in [0.29, 0.717) is 5.92 Å². The van der Waals surface area contributed by atoms with Crippen LogP contribution in [0.3, 0.4) is 0 Å². The van der Waals surface area contributed by atoms with Gasteiger partial charge in [0.15, 0.2) is 9.84 Å². The first-order chi connectivity index (χ1) is 7.98. The molecule has 1 N–H and O–H groups in total. The van der Waals surface area contributed by atoms with Crippen molar-refractivity contribution in [1.29, 1.82) is 0 Å². The van der Waals surface area contributed by atoms with Crippen LogP contribution in [0.25, 0.3) is 0 Å². The Hall–Kier alpha value is -0.130. The van der Waals surface area contributed by atoms with E-state index in [1.807, 2.05) is 7.05 Å². The Morgan fingerprint density at radius 1 is 1.18 bits per heavy atom. The van der Waals surface area contributed by atoms with Crippen molar-refractivity contribution in [1.82, 2.24) is 4.90 Å². The van der Waals surface area contributed by atoms with Crippen LogP contribution in [-0.4, -0.2) is 55.7 Å². The van der Waals surface area contributed by atoms with Gasteiger partial charge in [0.05, 0.1) is 23.7 Å². The van der Waals surface area contributed by atoms with Crippen molar-refractivity contribution < 1.29 is 13.5 Å². The number of sulfone groups is 1. The number of nitrogens with zero attached hydrogens (tertiary/aromatic N) is 1. The molecule has 0 aromatic carbocycles. The van der Waals surface area contributed by atoms with E-state index < -0.39 is 15.9 Å². The molecule has 17 heavy (non-hydrogen) atoms. The van der Waals surface area contributed by atoms with Gasteiger partial charge in [0.1, 0.15) is 0 Å². The molecule has 1 aliphatic carbocycles. The summed E-state index contributed by atoms with van der Waals surface area (Å²) >= 11 is 0. The molecule has 4 nitrogen and oxygen atoms in total. The third kappa shape index (κ3) is 3.42. The van der Waals surface area contributed by atoms with Gasteiger partial charge in [-0.3, -0.25) is 4.90 Å². The molecule has 2 rings (SSSR count). The third-order valence-corrected chi connectivity index (χ3v) is 5.83. The van der Waals surface area contributed by atoms with Gasteiger partial charge in [-0.2, -0.15) is 0 Å². The number of rotatable bonds is 3. The van der Waals surface area contributed by atoms with Crippen LogP contribution in [0.1, 0.15) is 32.1 Å². The number of aliphatic hydroxyl groups excluding tert-OH is 1. The molecule has 100 valence electrons. The second kappa shape index (κ2) is 5.24. The minimum absolute atomic E-state index is 0.0628. The highest BCUT2D eigenvalue weighted by Gasteiger charge is 2.39. The summed E-state index contributed by atoms with van der Waals surface area (Å²) in [7, 11) is -1.07. The van der Waals surface area contributed by atoms with E-state index in [1.165, 1.54) is 32.1 Å². The average Bonchev–Trinajstić information content (AvgIpc) is 2.54. The van der Waals surface area contributed by atoms with E-state index in [2.05, 4.69) is 4.90 Å². The SMILES string of the molecule is CN(CC1CCCCC1)C1CS(=O)(=O)CC1O. The van der Waals surface area contributed by atoms with Crippen LogP contribution in [0, 0.1) is 5.92 Å². The fraction of sp³-hybridized carbons (Fsp3) is 1.00. The van der Waals surface area contributed by atoms with Crippen LogP contribution < -0.4 is 0 Å². The molecule has 1 heterocycles. The Morgan fingerprint density at radius 2 is 1.82 bits per heavy atom. The van der Waals surface area contributed by atoms with E-state index in [1.54, 1.807) is 0 Å². The van der Waals surface area contributed by atoms with Crippen molar-refractivity contribution in [3.05, 3.63) is 0 Å². The highest BCUT2D eigenvalue weighted by molar-refractivity contribution is 7.91. The molecule has 1 saturated heterocycles. The largest absolute Gasteiger partial charge is 0.390 e. The van der Waals surface area contributed by atoms with E-state index in [4.69, 9.17) is 0 Å². The Kier molecular flexibility index (Phi) is 4.10. The molecule has 0 bridgehead atoms. The normalized spacial score (nSPS) is 34.3. The van der Waals surface area contributed by atoms with Gasteiger partial charge < -0.3 is 5.11 Å². The smallest absolute Gasteiger partial charge is 0.154 e. The molecule has 0 aromatic rings. The second-order valence-electron chi connectivity index (χ2n) is 5.66. The summed E-state index contributed by atoms with van der Waals surface area (Å²) in [5, 5.41) is 9.80. The number of aliphatic hydroxyl groups is 1. The van der Waals surface area contributed by atoms with Crippen LogP contribution in [0.15, 0.2) is 0 Å². The molecule has 0 amide bonds. The van der Waals surface area contributed by atoms with Crippen molar-refractivity contribution in [2.75, 3.05) is 25.1 Å². The summed E-state index contributed by atoms with van der Waals surface area (Å²) in [6, 6.07) is -0.193. The van der Waals surface area contributed by atoms with E-state index >= 15 is 0 Å². The maximum Gasteiger partial charge on any atom is 0.154 e. The highest BCUT2D eigenvalue weighted by Crippen LogP contribution is 2.26. The van der Waals surface area contributed by atoms with Crippen molar-refractivity contribution in [3.63, 3.8) is 0 Å². The first-order valence-corrected chi connectivity index (χ1v) is 8.39. The first-order valence-electron chi connectivity index (χ1n) is 6.57. The van der Waals surface area contributed by atoms with Gasteiger partial charge in [0.25, 0.3) is 0 Å².